The molecule has 0 aliphatic rings. The summed E-state index contributed by atoms with van der Waals surface area (Å²) in [6.45, 7) is 9.84. The second-order valence-electron chi connectivity index (χ2n) is 4.37. The quantitative estimate of drug-likeness (QED) is 0.641. The normalized spacial score (nSPS) is 13.0. The number of hydrogen-bond donors (Lipinski definition) is 1. The first-order chi connectivity index (χ1) is 10.2. The van der Waals surface area contributed by atoms with E-state index in [0.717, 1.165) is 35.5 Å². The van der Waals surface area contributed by atoms with E-state index in [1.54, 1.807) is 12.4 Å². The van der Waals surface area contributed by atoms with E-state index in [1.165, 1.54) is 0 Å². The van der Waals surface area contributed by atoms with Crippen molar-refractivity contribution in [1.29, 1.82) is 0 Å². The number of nitrogens with two attached hydrogens (primary N) is 1. The molecule has 0 amide bonds. The number of allylic oxidation sites excluding steroid dienone is 1. The van der Waals surface area contributed by atoms with Gasteiger partial charge >= 0.3 is 0 Å². The van der Waals surface area contributed by atoms with Gasteiger partial charge in [0.1, 0.15) is 11.5 Å². The summed E-state index contributed by atoms with van der Waals surface area (Å²) in [7, 11) is 0. The summed E-state index contributed by atoms with van der Waals surface area (Å²) in [6.07, 6.45) is 7.09. The predicted octanol–water partition coefficient (Wildman–Crippen LogP) is 3.52. The summed E-state index contributed by atoms with van der Waals surface area (Å²) in [6, 6.07) is 1.87. The predicted molar refractivity (Wildman–Crippen MR) is 91.5 cm³/mol. The van der Waals surface area contributed by atoms with Gasteiger partial charge in [-0.3, -0.25) is 9.98 Å². The third kappa shape index (κ3) is 4.43. The van der Waals surface area contributed by atoms with E-state index in [1.807, 2.05) is 26.0 Å². The Morgan fingerprint density at radius 3 is 2.71 bits per heavy atom. The lowest BCUT2D eigenvalue weighted by molar-refractivity contribution is 0.980. The smallest absolute Gasteiger partial charge is 0.128 e. The SMILES string of the molecule is C=N/C(CCC)=N\c1c(CN)ccnc1C(=C/C)/N=C\C. The van der Waals surface area contributed by atoms with Gasteiger partial charge in [0.25, 0.3) is 0 Å². The first-order valence-corrected chi connectivity index (χ1v) is 7.09. The van der Waals surface area contributed by atoms with Gasteiger partial charge in [-0.1, -0.05) is 13.0 Å². The fraction of sp³-hybridized carbons (Fsp3) is 0.375. The molecule has 1 aromatic heterocycles. The molecule has 0 unspecified atom stereocenters. The van der Waals surface area contributed by atoms with Crippen LogP contribution in [0.4, 0.5) is 5.69 Å². The summed E-state index contributed by atoms with van der Waals surface area (Å²) in [5.74, 6) is 0.692. The molecule has 0 aliphatic carbocycles. The topological polar surface area (TPSA) is 76.0 Å². The van der Waals surface area contributed by atoms with Crippen molar-refractivity contribution in [2.24, 2.45) is 20.7 Å². The van der Waals surface area contributed by atoms with Gasteiger partial charge in [0.05, 0.1) is 11.4 Å². The number of rotatable bonds is 6. The molecule has 0 saturated carbocycles. The molecule has 0 radical (unpaired) electrons. The van der Waals surface area contributed by atoms with Crippen molar-refractivity contribution in [3.63, 3.8) is 0 Å². The van der Waals surface area contributed by atoms with Crippen molar-refractivity contribution in [2.45, 2.75) is 40.2 Å². The van der Waals surface area contributed by atoms with E-state index < -0.39 is 0 Å². The Morgan fingerprint density at radius 1 is 1.43 bits per heavy atom. The molecule has 0 bridgehead atoms. The number of pyridine rings is 1. The maximum absolute atomic E-state index is 5.83. The van der Waals surface area contributed by atoms with Gasteiger partial charge in [-0.15, -0.1) is 0 Å². The zero-order valence-electron chi connectivity index (χ0n) is 13.0. The van der Waals surface area contributed by atoms with Crippen LogP contribution in [0.3, 0.4) is 0 Å². The number of nitrogens with zero attached hydrogens (tertiary/aromatic N) is 4. The maximum Gasteiger partial charge on any atom is 0.128 e. The molecule has 112 valence electrons. The molecule has 5 heteroatoms. The van der Waals surface area contributed by atoms with Crippen LogP contribution in [-0.2, 0) is 6.54 Å². The second-order valence-corrected chi connectivity index (χ2v) is 4.37. The first kappa shape index (κ1) is 16.9. The molecule has 2 N–H and O–H groups in total. The molecular weight excluding hydrogens is 262 g/mol. The molecule has 0 aromatic carbocycles. The van der Waals surface area contributed by atoms with Gasteiger partial charge in [-0.25, -0.2) is 9.98 Å². The summed E-state index contributed by atoms with van der Waals surface area (Å²) in [5, 5.41) is 0. The van der Waals surface area contributed by atoms with Crippen LogP contribution in [0.5, 0.6) is 0 Å². The molecule has 0 aliphatic heterocycles. The Balaban J connectivity index is 3.49. The van der Waals surface area contributed by atoms with E-state index in [2.05, 4.69) is 33.6 Å². The van der Waals surface area contributed by atoms with Gasteiger partial charge in [-0.2, -0.15) is 0 Å². The molecule has 1 heterocycles. The number of amidine groups is 1. The van der Waals surface area contributed by atoms with E-state index in [4.69, 9.17) is 5.73 Å². The van der Waals surface area contributed by atoms with E-state index >= 15 is 0 Å². The Kier molecular flexibility index (Phi) is 7.18. The molecule has 1 aromatic rings. The highest BCUT2D eigenvalue weighted by molar-refractivity contribution is 5.90. The number of aliphatic imine (C=N–C) groups is 3. The van der Waals surface area contributed by atoms with Crippen LogP contribution in [0, 0.1) is 0 Å². The van der Waals surface area contributed by atoms with Crippen molar-refractivity contribution < 1.29 is 0 Å². The Morgan fingerprint density at radius 2 is 2.19 bits per heavy atom. The highest BCUT2D eigenvalue weighted by Gasteiger charge is 2.12. The number of hydrogen-bond acceptors (Lipinski definition) is 4. The molecule has 0 saturated heterocycles. The lowest BCUT2D eigenvalue weighted by Crippen LogP contribution is -2.02. The molecule has 5 nitrogen and oxygen atoms in total. The van der Waals surface area contributed by atoms with Crippen LogP contribution in [0.1, 0.15) is 44.9 Å². The van der Waals surface area contributed by atoms with Crippen LogP contribution in [0.25, 0.3) is 5.70 Å². The standard InChI is InChI=1S/C16H23N5/c1-5-8-14(18-4)21-15-12(11-17)9-10-20-16(15)13(6-2)19-7-3/h6-7,9-10H,4-5,8,11,17H2,1-3H3/b13-6-,19-7-,21-14-. The van der Waals surface area contributed by atoms with Gasteiger partial charge in [0.2, 0.25) is 0 Å². The molecule has 1 rings (SSSR count). The fourth-order valence-electron chi connectivity index (χ4n) is 1.91. The average molecular weight is 285 g/mol. The summed E-state index contributed by atoms with van der Waals surface area (Å²) in [5.41, 5.74) is 8.96. The van der Waals surface area contributed by atoms with Crippen LogP contribution < -0.4 is 5.73 Å². The Hall–Kier alpha value is -2.14. The van der Waals surface area contributed by atoms with Crippen molar-refractivity contribution in [3.05, 3.63) is 29.6 Å². The molecule has 0 fully saturated rings. The van der Waals surface area contributed by atoms with Crippen LogP contribution >= 0.6 is 0 Å². The Bertz CT molecular complexity index is 570. The minimum Gasteiger partial charge on any atom is -0.326 e. The van der Waals surface area contributed by atoms with Gasteiger partial charge < -0.3 is 5.73 Å². The van der Waals surface area contributed by atoms with Crippen molar-refractivity contribution in [3.8, 4) is 0 Å². The van der Waals surface area contributed by atoms with Crippen LogP contribution in [0.15, 0.2) is 33.3 Å². The lowest BCUT2D eigenvalue weighted by Gasteiger charge is -2.10. The molecule has 0 atom stereocenters. The summed E-state index contributed by atoms with van der Waals surface area (Å²) in [4.78, 5) is 17.4. The summed E-state index contributed by atoms with van der Waals surface area (Å²) >= 11 is 0. The van der Waals surface area contributed by atoms with Gasteiger partial charge in [0, 0.05) is 25.4 Å². The lowest BCUT2D eigenvalue weighted by atomic mass is 10.1. The maximum atomic E-state index is 5.83. The second kappa shape index (κ2) is 8.92. The third-order valence-electron chi connectivity index (χ3n) is 2.91. The molecule has 0 spiro atoms. The largest absolute Gasteiger partial charge is 0.326 e. The zero-order valence-corrected chi connectivity index (χ0v) is 13.0. The minimum absolute atomic E-state index is 0.387. The van der Waals surface area contributed by atoms with Crippen LogP contribution in [-0.4, -0.2) is 23.8 Å². The van der Waals surface area contributed by atoms with E-state index in [9.17, 15) is 0 Å². The third-order valence-corrected chi connectivity index (χ3v) is 2.91. The minimum atomic E-state index is 0.387. The molecular formula is C16H23N5. The van der Waals surface area contributed by atoms with E-state index in [0.29, 0.717) is 12.4 Å². The van der Waals surface area contributed by atoms with Crippen LogP contribution in [0.2, 0.25) is 0 Å². The highest BCUT2D eigenvalue weighted by Crippen LogP contribution is 2.29. The van der Waals surface area contributed by atoms with Crippen molar-refractivity contribution >= 4 is 30.2 Å². The monoisotopic (exact) mass is 285 g/mol. The summed E-state index contributed by atoms with van der Waals surface area (Å²) < 4.78 is 0. The van der Waals surface area contributed by atoms with Gasteiger partial charge in [-0.05, 0) is 38.6 Å². The van der Waals surface area contributed by atoms with E-state index in [-0.39, 0.29) is 0 Å². The first-order valence-electron chi connectivity index (χ1n) is 7.09. The highest BCUT2D eigenvalue weighted by atomic mass is 14.9. The van der Waals surface area contributed by atoms with Gasteiger partial charge in [0.15, 0.2) is 0 Å². The fourth-order valence-corrected chi connectivity index (χ4v) is 1.91. The Labute approximate surface area is 126 Å². The zero-order chi connectivity index (χ0) is 15.7. The average Bonchev–Trinajstić information content (AvgIpc) is 2.52. The number of aromatic nitrogens is 1. The van der Waals surface area contributed by atoms with Crippen molar-refractivity contribution in [2.75, 3.05) is 0 Å². The van der Waals surface area contributed by atoms with Crippen molar-refractivity contribution in [1.82, 2.24) is 4.98 Å². The molecule has 21 heavy (non-hydrogen) atoms.